The largest absolute Gasteiger partial charge is 0.389 e. The van der Waals surface area contributed by atoms with Crippen molar-refractivity contribution in [1.82, 2.24) is 9.29 Å². The maximum absolute atomic E-state index is 12.5. The Morgan fingerprint density at radius 3 is 2.89 bits per heavy atom. The molecule has 19 heavy (non-hydrogen) atoms. The number of nitrogens with two attached hydrogens (primary N) is 1. The van der Waals surface area contributed by atoms with E-state index in [0.717, 1.165) is 0 Å². The van der Waals surface area contributed by atoms with Gasteiger partial charge in [0, 0.05) is 23.8 Å². The normalized spacial score (nSPS) is 25.4. The molecule has 2 heterocycles. The molecule has 0 spiro atoms. The third-order valence-corrected chi connectivity index (χ3v) is 5.41. The van der Waals surface area contributed by atoms with Crippen molar-refractivity contribution in [3.63, 3.8) is 0 Å². The van der Waals surface area contributed by atoms with Gasteiger partial charge in [-0.2, -0.15) is 4.31 Å². The quantitative estimate of drug-likeness (QED) is 0.828. The van der Waals surface area contributed by atoms with Crippen molar-refractivity contribution >= 4 is 31.8 Å². The Balaban J connectivity index is 2.39. The minimum atomic E-state index is -3.73. The maximum Gasteiger partial charge on any atom is 0.246 e. The maximum atomic E-state index is 12.5. The molecule has 1 aliphatic heterocycles. The second-order valence-electron chi connectivity index (χ2n) is 4.98. The van der Waals surface area contributed by atoms with Gasteiger partial charge in [0.05, 0.1) is 5.60 Å². The fourth-order valence-corrected chi connectivity index (χ4v) is 4.33. The predicted molar refractivity (Wildman–Crippen MR) is 75.0 cm³/mol. The highest BCUT2D eigenvalue weighted by atomic mass is 79.9. The summed E-state index contributed by atoms with van der Waals surface area (Å²) < 4.78 is 26.8. The molecule has 0 saturated carbocycles. The lowest BCUT2D eigenvalue weighted by atomic mass is 9.97. The van der Waals surface area contributed by atoms with E-state index < -0.39 is 15.6 Å². The SMILES string of the molecule is CC1(O)CCCN(S(=O)(=O)c2cc(Br)cnc2N)C1. The molecule has 1 aliphatic rings. The molecule has 0 bridgehead atoms. The van der Waals surface area contributed by atoms with Crippen LogP contribution in [0.5, 0.6) is 0 Å². The van der Waals surface area contributed by atoms with Crippen molar-refractivity contribution in [2.75, 3.05) is 18.8 Å². The third-order valence-electron chi connectivity index (χ3n) is 3.11. The van der Waals surface area contributed by atoms with Crippen LogP contribution in [0.2, 0.25) is 0 Å². The van der Waals surface area contributed by atoms with E-state index in [-0.39, 0.29) is 17.3 Å². The number of β-amino-alcohol motifs (C(OH)–C–C–N with tert-alkyl or cyclic N) is 1. The van der Waals surface area contributed by atoms with E-state index in [2.05, 4.69) is 20.9 Å². The van der Waals surface area contributed by atoms with Gasteiger partial charge in [-0.25, -0.2) is 13.4 Å². The predicted octanol–water partition coefficient (Wildman–Crippen LogP) is 0.962. The summed E-state index contributed by atoms with van der Waals surface area (Å²) in [6.45, 7) is 2.09. The summed E-state index contributed by atoms with van der Waals surface area (Å²) >= 11 is 3.18. The molecule has 106 valence electrons. The van der Waals surface area contributed by atoms with E-state index >= 15 is 0 Å². The van der Waals surface area contributed by atoms with Crippen LogP contribution < -0.4 is 5.73 Å². The Kier molecular flexibility index (Phi) is 3.87. The first-order valence-corrected chi connectivity index (χ1v) is 8.09. The van der Waals surface area contributed by atoms with Crippen molar-refractivity contribution in [3.05, 3.63) is 16.7 Å². The highest BCUT2D eigenvalue weighted by molar-refractivity contribution is 9.10. The van der Waals surface area contributed by atoms with E-state index in [1.807, 2.05) is 0 Å². The molecule has 1 fully saturated rings. The van der Waals surface area contributed by atoms with E-state index in [9.17, 15) is 13.5 Å². The molecule has 8 heteroatoms. The smallest absolute Gasteiger partial charge is 0.246 e. The lowest BCUT2D eigenvalue weighted by Crippen LogP contribution is -2.48. The van der Waals surface area contributed by atoms with Crippen molar-refractivity contribution < 1.29 is 13.5 Å². The first-order valence-electron chi connectivity index (χ1n) is 5.86. The monoisotopic (exact) mass is 349 g/mol. The Hall–Kier alpha value is -0.700. The summed E-state index contributed by atoms with van der Waals surface area (Å²) in [5.41, 5.74) is 4.65. The van der Waals surface area contributed by atoms with E-state index in [0.29, 0.717) is 23.9 Å². The number of hydrogen-bond donors (Lipinski definition) is 2. The number of halogens is 1. The van der Waals surface area contributed by atoms with Gasteiger partial charge < -0.3 is 10.8 Å². The first kappa shape index (κ1) is 14.7. The van der Waals surface area contributed by atoms with E-state index in [1.165, 1.54) is 16.6 Å². The van der Waals surface area contributed by atoms with Crippen LogP contribution >= 0.6 is 15.9 Å². The topological polar surface area (TPSA) is 96.5 Å². The summed E-state index contributed by atoms with van der Waals surface area (Å²) in [5.74, 6) is -0.0339. The lowest BCUT2D eigenvalue weighted by molar-refractivity contribution is 0.00940. The number of sulfonamides is 1. The molecular formula is C11H16BrN3O3S. The first-order chi connectivity index (χ1) is 8.72. The fourth-order valence-electron chi connectivity index (χ4n) is 2.16. The van der Waals surface area contributed by atoms with E-state index in [4.69, 9.17) is 5.73 Å². The molecule has 0 radical (unpaired) electrons. The van der Waals surface area contributed by atoms with Gasteiger partial charge in [0.1, 0.15) is 10.7 Å². The number of nitrogen functional groups attached to an aromatic ring is 1. The second-order valence-corrected chi connectivity index (χ2v) is 7.80. The Morgan fingerprint density at radius 1 is 1.58 bits per heavy atom. The van der Waals surface area contributed by atoms with Gasteiger partial charge in [0.2, 0.25) is 10.0 Å². The molecule has 0 amide bonds. The van der Waals surface area contributed by atoms with Crippen LogP contribution in [-0.4, -0.2) is 41.5 Å². The van der Waals surface area contributed by atoms with Gasteiger partial charge in [-0.1, -0.05) is 0 Å². The van der Waals surface area contributed by atoms with Gasteiger partial charge in [-0.3, -0.25) is 0 Å². The molecule has 0 aromatic carbocycles. The summed E-state index contributed by atoms with van der Waals surface area (Å²) in [6.07, 6.45) is 2.65. The number of piperidine rings is 1. The molecule has 1 atom stereocenters. The highest BCUT2D eigenvalue weighted by Crippen LogP contribution is 2.29. The van der Waals surface area contributed by atoms with Crippen LogP contribution in [-0.2, 0) is 10.0 Å². The molecule has 0 aliphatic carbocycles. The molecule has 1 unspecified atom stereocenters. The van der Waals surface area contributed by atoms with Crippen LogP contribution in [0, 0.1) is 0 Å². The minimum Gasteiger partial charge on any atom is -0.389 e. The number of anilines is 1. The number of hydrogen-bond acceptors (Lipinski definition) is 5. The summed E-state index contributed by atoms with van der Waals surface area (Å²) in [6, 6.07) is 1.43. The van der Waals surface area contributed by atoms with Crippen LogP contribution in [0.4, 0.5) is 5.82 Å². The molecular weight excluding hydrogens is 334 g/mol. The molecule has 1 aromatic rings. The number of rotatable bonds is 2. The van der Waals surface area contributed by atoms with Crippen LogP contribution in [0.1, 0.15) is 19.8 Å². The van der Waals surface area contributed by atoms with Crippen molar-refractivity contribution in [2.45, 2.75) is 30.3 Å². The Bertz CT molecular complexity index is 589. The van der Waals surface area contributed by atoms with Crippen molar-refractivity contribution in [3.8, 4) is 0 Å². The van der Waals surface area contributed by atoms with Crippen molar-refractivity contribution in [2.24, 2.45) is 0 Å². The van der Waals surface area contributed by atoms with Gasteiger partial charge in [-0.15, -0.1) is 0 Å². The number of aliphatic hydroxyl groups is 1. The third kappa shape index (κ3) is 3.07. The molecule has 1 saturated heterocycles. The molecule has 6 nitrogen and oxygen atoms in total. The molecule has 3 N–H and O–H groups in total. The van der Waals surface area contributed by atoms with Gasteiger partial charge in [-0.05, 0) is 41.8 Å². The minimum absolute atomic E-state index is 0.0282. The summed E-state index contributed by atoms with van der Waals surface area (Å²) in [7, 11) is -3.73. The summed E-state index contributed by atoms with van der Waals surface area (Å²) in [4.78, 5) is 3.81. The zero-order valence-electron chi connectivity index (χ0n) is 10.5. The van der Waals surface area contributed by atoms with Gasteiger partial charge >= 0.3 is 0 Å². The zero-order chi connectivity index (χ0) is 14.3. The average Bonchev–Trinajstić information content (AvgIpc) is 2.31. The van der Waals surface area contributed by atoms with Gasteiger partial charge in [0.15, 0.2) is 0 Å². The van der Waals surface area contributed by atoms with Crippen LogP contribution in [0.25, 0.3) is 0 Å². The fraction of sp³-hybridized carbons (Fsp3) is 0.545. The number of nitrogens with zero attached hydrogens (tertiary/aromatic N) is 2. The van der Waals surface area contributed by atoms with E-state index in [1.54, 1.807) is 6.92 Å². The summed E-state index contributed by atoms with van der Waals surface area (Å²) in [5, 5.41) is 10.0. The standard InChI is InChI=1S/C11H16BrN3O3S/c1-11(16)3-2-4-15(7-11)19(17,18)9-5-8(12)6-14-10(9)13/h5-6,16H,2-4,7H2,1H3,(H2,13,14). The highest BCUT2D eigenvalue weighted by Gasteiger charge is 2.36. The van der Waals surface area contributed by atoms with Crippen LogP contribution in [0.3, 0.4) is 0 Å². The molecule has 1 aromatic heterocycles. The Morgan fingerprint density at radius 2 is 2.26 bits per heavy atom. The average molecular weight is 350 g/mol. The lowest BCUT2D eigenvalue weighted by Gasteiger charge is -2.36. The van der Waals surface area contributed by atoms with Crippen LogP contribution in [0.15, 0.2) is 21.6 Å². The second kappa shape index (κ2) is 5.01. The Labute approximate surface area is 120 Å². The van der Waals surface area contributed by atoms with Gasteiger partial charge in [0.25, 0.3) is 0 Å². The number of aromatic nitrogens is 1. The van der Waals surface area contributed by atoms with Crippen molar-refractivity contribution in [1.29, 1.82) is 0 Å². The number of pyridine rings is 1. The zero-order valence-corrected chi connectivity index (χ0v) is 12.9. The molecule has 2 rings (SSSR count).